The van der Waals surface area contributed by atoms with Gasteiger partial charge in [0.05, 0.1) is 4.90 Å². The molecule has 0 saturated heterocycles. The van der Waals surface area contributed by atoms with Crippen LogP contribution in [0.3, 0.4) is 0 Å². The van der Waals surface area contributed by atoms with E-state index in [0.29, 0.717) is 5.39 Å². The van der Waals surface area contributed by atoms with Crippen molar-refractivity contribution in [3.63, 3.8) is 0 Å². The average molecular weight is 471 g/mol. The Kier molecular flexibility index (Phi) is 15.1. The van der Waals surface area contributed by atoms with Crippen molar-refractivity contribution in [1.82, 2.24) is 0 Å². The van der Waals surface area contributed by atoms with Gasteiger partial charge in [-0.2, -0.15) is 0 Å². The molecule has 0 aliphatic carbocycles. The minimum Gasteiger partial charge on any atom is -0.744 e. The van der Waals surface area contributed by atoms with Crippen molar-refractivity contribution in [3.05, 3.63) is 41.5 Å². The van der Waals surface area contributed by atoms with Crippen LogP contribution in [-0.4, -0.2) is 13.0 Å². The molecule has 5 heteroatoms. The molecule has 0 unspecified atom stereocenters. The van der Waals surface area contributed by atoms with E-state index in [-0.39, 0.29) is 56.3 Å². The van der Waals surface area contributed by atoms with Gasteiger partial charge in [0, 0.05) is 5.39 Å². The summed E-state index contributed by atoms with van der Waals surface area (Å²) in [5.41, 5.74) is 2.29. The summed E-state index contributed by atoms with van der Waals surface area (Å²) >= 11 is 0. The summed E-state index contributed by atoms with van der Waals surface area (Å²) in [6.45, 7) is 4.45. The minimum atomic E-state index is -4.49. The molecule has 0 N–H and O–H groups in total. The van der Waals surface area contributed by atoms with Crippen LogP contribution < -0.4 is 51.4 Å². The molecule has 0 heterocycles. The number of rotatable bonds is 15. The number of unbranched alkanes of at least 4 members (excludes halogenated alkanes) is 10. The van der Waals surface area contributed by atoms with Crippen LogP contribution in [-0.2, 0) is 23.0 Å². The third kappa shape index (κ3) is 10.4. The maximum atomic E-state index is 11.9. The van der Waals surface area contributed by atoms with Gasteiger partial charge in [0.25, 0.3) is 0 Å². The fourth-order valence-electron chi connectivity index (χ4n) is 4.30. The molecular formula is C26H39KO3S. The minimum absolute atomic E-state index is 0. The van der Waals surface area contributed by atoms with Crippen LogP contribution in [0.4, 0.5) is 0 Å². The Labute approximate surface area is 233 Å². The number of aryl methyl sites for hydroxylation is 2. The van der Waals surface area contributed by atoms with Crippen molar-refractivity contribution in [3.8, 4) is 0 Å². The fraction of sp³-hybridized carbons (Fsp3) is 0.615. The Bertz CT molecular complexity index is 878. The molecule has 2 aromatic rings. The van der Waals surface area contributed by atoms with Crippen molar-refractivity contribution in [2.24, 2.45) is 0 Å². The molecule has 31 heavy (non-hydrogen) atoms. The van der Waals surface area contributed by atoms with Crippen molar-refractivity contribution >= 4 is 20.9 Å². The summed E-state index contributed by atoms with van der Waals surface area (Å²) in [4.78, 5) is -0.0629. The Hall–Kier alpha value is 0.246. The maximum absolute atomic E-state index is 11.9. The van der Waals surface area contributed by atoms with Crippen LogP contribution in [0.25, 0.3) is 10.8 Å². The van der Waals surface area contributed by atoms with Crippen LogP contribution in [0.2, 0.25) is 0 Å². The Morgan fingerprint density at radius 3 is 1.87 bits per heavy atom. The zero-order valence-corrected chi connectivity index (χ0v) is 23.9. The number of hydrogen-bond donors (Lipinski definition) is 0. The molecule has 0 bridgehead atoms. The zero-order valence-electron chi connectivity index (χ0n) is 19.9. The standard InChI is InChI=1S/C26H40O3S.K/c1-3-5-7-9-11-13-16-22-20-23(17-14-12-10-8-6-4-2)26-24(21-22)18-15-19-25(26)30(27,28)29;/h15,18-21H,3-14,16-17H2,1-2H3,(H,27,28,29);/q;+1/p-1. The number of hydrogen-bond acceptors (Lipinski definition) is 3. The van der Waals surface area contributed by atoms with E-state index in [1.54, 1.807) is 6.07 Å². The molecule has 2 rings (SSSR count). The molecule has 0 atom stereocenters. The van der Waals surface area contributed by atoms with Crippen molar-refractivity contribution in [1.29, 1.82) is 0 Å². The molecule has 0 spiro atoms. The van der Waals surface area contributed by atoms with E-state index in [1.807, 2.05) is 6.07 Å². The summed E-state index contributed by atoms with van der Waals surface area (Å²) in [7, 11) is -4.49. The molecule has 0 aliphatic rings. The quantitative estimate of drug-likeness (QED) is 0.218. The second-order valence-electron chi connectivity index (χ2n) is 8.60. The predicted octanol–water partition coefficient (Wildman–Crippen LogP) is 4.55. The van der Waals surface area contributed by atoms with E-state index in [4.69, 9.17) is 0 Å². The topological polar surface area (TPSA) is 57.2 Å². The van der Waals surface area contributed by atoms with Gasteiger partial charge in [-0.3, -0.25) is 0 Å². The first-order valence-corrected chi connectivity index (χ1v) is 13.4. The van der Waals surface area contributed by atoms with Gasteiger partial charge in [-0.15, -0.1) is 0 Å². The van der Waals surface area contributed by atoms with Gasteiger partial charge in [-0.25, -0.2) is 8.42 Å². The van der Waals surface area contributed by atoms with Crippen LogP contribution in [0.5, 0.6) is 0 Å². The molecule has 0 fully saturated rings. The van der Waals surface area contributed by atoms with Crippen LogP contribution in [0.1, 0.15) is 102 Å². The van der Waals surface area contributed by atoms with Gasteiger partial charge < -0.3 is 4.55 Å². The van der Waals surface area contributed by atoms with Gasteiger partial charge in [0.2, 0.25) is 0 Å². The summed E-state index contributed by atoms with van der Waals surface area (Å²) < 4.78 is 35.6. The zero-order chi connectivity index (χ0) is 21.8. The number of fused-ring (bicyclic) bond motifs is 1. The average Bonchev–Trinajstić information content (AvgIpc) is 2.71. The fourth-order valence-corrected chi connectivity index (χ4v) is 5.05. The molecule has 2 aromatic carbocycles. The largest absolute Gasteiger partial charge is 1.00 e. The summed E-state index contributed by atoms with van der Waals surface area (Å²) in [5, 5.41) is 1.53. The molecule has 0 aliphatic heterocycles. The molecule has 0 amide bonds. The number of benzene rings is 2. The summed E-state index contributed by atoms with van der Waals surface area (Å²) in [5.74, 6) is 0. The first-order valence-electron chi connectivity index (χ1n) is 12.0. The molecule has 0 aromatic heterocycles. The van der Waals surface area contributed by atoms with Gasteiger partial charge in [0.15, 0.2) is 0 Å². The molecule has 3 nitrogen and oxygen atoms in total. The van der Waals surface area contributed by atoms with E-state index < -0.39 is 10.1 Å². The van der Waals surface area contributed by atoms with E-state index >= 15 is 0 Å². The molecule has 168 valence electrons. The smallest absolute Gasteiger partial charge is 0.744 e. The van der Waals surface area contributed by atoms with Gasteiger partial charge >= 0.3 is 51.4 Å². The van der Waals surface area contributed by atoms with Crippen LogP contribution in [0.15, 0.2) is 35.2 Å². The van der Waals surface area contributed by atoms with Crippen LogP contribution >= 0.6 is 0 Å². The molecule has 0 saturated carbocycles. The van der Waals surface area contributed by atoms with E-state index in [1.165, 1.54) is 69.4 Å². The summed E-state index contributed by atoms with van der Waals surface area (Å²) in [6, 6.07) is 9.34. The van der Waals surface area contributed by atoms with Gasteiger partial charge in [-0.1, -0.05) is 102 Å². The SMILES string of the molecule is CCCCCCCCc1cc(CCCCCCCC)c2c(S(=O)(=O)[O-])cccc2c1.[K+]. The van der Waals surface area contributed by atoms with Crippen molar-refractivity contribution in [2.75, 3.05) is 0 Å². The first kappa shape index (κ1) is 29.3. The van der Waals surface area contributed by atoms with E-state index in [0.717, 1.165) is 43.1 Å². The van der Waals surface area contributed by atoms with Crippen molar-refractivity contribution in [2.45, 2.75) is 109 Å². The maximum Gasteiger partial charge on any atom is 1.00 e. The molecule has 0 radical (unpaired) electrons. The second kappa shape index (κ2) is 16.0. The van der Waals surface area contributed by atoms with Crippen LogP contribution in [0, 0.1) is 0 Å². The second-order valence-corrected chi connectivity index (χ2v) is 9.95. The summed E-state index contributed by atoms with van der Waals surface area (Å²) in [6.07, 6.45) is 16.6. The molecular weight excluding hydrogens is 431 g/mol. The van der Waals surface area contributed by atoms with E-state index in [2.05, 4.69) is 26.0 Å². The Morgan fingerprint density at radius 2 is 1.29 bits per heavy atom. The first-order chi connectivity index (χ1) is 14.5. The normalized spacial score (nSPS) is 11.6. The third-order valence-electron chi connectivity index (χ3n) is 5.97. The van der Waals surface area contributed by atoms with Crippen molar-refractivity contribution < 1.29 is 64.4 Å². The third-order valence-corrected chi connectivity index (χ3v) is 6.85. The predicted molar refractivity (Wildman–Crippen MR) is 126 cm³/mol. The Balaban J connectivity index is 0.00000480. The Morgan fingerprint density at radius 1 is 0.742 bits per heavy atom. The van der Waals surface area contributed by atoms with Gasteiger partial charge in [-0.05, 0) is 48.3 Å². The van der Waals surface area contributed by atoms with E-state index in [9.17, 15) is 13.0 Å². The monoisotopic (exact) mass is 470 g/mol. The van der Waals surface area contributed by atoms with Gasteiger partial charge in [0.1, 0.15) is 10.1 Å².